The van der Waals surface area contributed by atoms with Crippen LogP contribution in [0.15, 0.2) is 24.3 Å². The van der Waals surface area contributed by atoms with Crippen LogP contribution in [0.25, 0.3) is 0 Å². The first-order chi connectivity index (χ1) is 9.45. The maximum absolute atomic E-state index is 12.5. The van der Waals surface area contributed by atoms with Gasteiger partial charge in [-0.2, -0.15) is 0 Å². The number of carbonyl (C=O) groups is 1. The molecule has 1 amide bonds. The third-order valence-corrected chi connectivity index (χ3v) is 3.39. The molecule has 1 aromatic carbocycles. The van der Waals surface area contributed by atoms with Crippen molar-refractivity contribution in [3.05, 3.63) is 24.3 Å². The Morgan fingerprint density at radius 2 is 2.10 bits per heavy atom. The summed E-state index contributed by atoms with van der Waals surface area (Å²) < 4.78 is 0. The Morgan fingerprint density at radius 3 is 2.65 bits per heavy atom. The van der Waals surface area contributed by atoms with Crippen molar-refractivity contribution in [3.8, 4) is 0 Å². The van der Waals surface area contributed by atoms with Crippen LogP contribution in [0.5, 0.6) is 0 Å². The van der Waals surface area contributed by atoms with Crippen molar-refractivity contribution in [1.29, 1.82) is 0 Å². The van der Waals surface area contributed by atoms with Gasteiger partial charge in [-0.25, -0.2) is 0 Å². The van der Waals surface area contributed by atoms with E-state index >= 15 is 0 Å². The molecule has 0 fully saturated rings. The highest BCUT2D eigenvalue weighted by molar-refractivity contribution is 5.95. The lowest BCUT2D eigenvalue weighted by Crippen LogP contribution is -2.45. The van der Waals surface area contributed by atoms with Crippen molar-refractivity contribution in [2.45, 2.75) is 39.7 Å². The largest absolute Gasteiger partial charge is 0.399 e. The molecular weight excluding hydrogens is 250 g/mol. The van der Waals surface area contributed by atoms with Crippen molar-refractivity contribution in [2.24, 2.45) is 5.92 Å². The summed E-state index contributed by atoms with van der Waals surface area (Å²) >= 11 is 0. The molecule has 0 radical (unpaired) electrons. The lowest BCUT2D eigenvalue weighted by Gasteiger charge is -2.30. The minimum atomic E-state index is -0.122. The van der Waals surface area contributed by atoms with Crippen LogP contribution in [0.2, 0.25) is 0 Å². The molecule has 0 aliphatic rings. The molecule has 0 spiro atoms. The van der Waals surface area contributed by atoms with E-state index in [1.54, 1.807) is 6.07 Å². The third-order valence-electron chi connectivity index (χ3n) is 3.39. The number of carbonyl (C=O) groups excluding carboxylic acids is 1. The number of anilines is 2. The van der Waals surface area contributed by atoms with E-state index in [1.165, 1.54) is 0 Å². The Morgan fingerprint density at radius 1 is 1.40 bits per heavy atom. The van der Waals surface area contributed by atoms with Gasteiger partial charge in [0.2, 0.25) is 5.91 Å². The number of amides is 1. The first-order valence-electron chi connectivity index (χ1n) is 7.32. The highest BCUT2D eigenvalue weighted by Crippen LogP contribution is 2.16. The summed E-state index contributed by atoms with van der Waals surface area (Å²) in [5.74, 6) is 0.294. The zero-order chi connectivity index (χ0) is 15.1. The van der Waals surface area contributed by atoms with Crippen LogP contribution in [0.4, 0.5) is 11.4 Å². The van der Waals surface area contributed by atoms with Crippen LogP contribution in [0.1, 0.15) is 33.6 Å². The van der Waals surface area contributed by atoms with Crippen LogP contribution in [0, 0.1) is 5.92 Å². The second-order valence-electron chi connectivity index (χ2n) is 5.64. The topological polar surface area (TPSA) is 58.4 Å². The van der Waals surface area contributed by atoms with Gasteiger partial charge in [-0.05, 0) is 44.1 Å². The Labute approximate surface area is 122 Å². The van der Waals surface area contributed by atoms with Gasteiger partial charge in [0.25, 0.3) is 0 Å². The lowest BCUT2D eigenvalue weighted by atomic mass is 10.0. The molecule has 0 aliphatic heterocycles. The van der Waals surface area contributed by atoms with Crippen LogP contribution in [-0.4, -0.2) is 30.4 Å². The molecule has 1 rings (SSSR count). The SMILES string of the molecule is CCCCN(C)C(C(=O)Nc1cccc(N)c1)C(C)C. The Balaban J connectivity index is 2.74. The third kappa shape index (κ3) is 4.85. The minimum Gasteiger partial charge on any atom is -0.399 e. The molecule has 112 valence electrons. The summed E-state index contributed by atoms with van der Waals surface area (Å²) in [6.45, 7) is 7.24. The van der Waals surface area contributed by atoms with E-state index in [4.69, 9.17) is 5.73 Å². The Kier molecular flexibility index (Phi) is 6.52. The summed E-state index contributed by atoms with van der Waals surface area (Å²) in [6.07, 6.45) is 2.23. The summed E-state index contributed by atoms with van der Waals surface area (Å²) in [6, 6.07) is 7.17. The highest BCUT2D eigenvalue weighted by atomic mass is 16.2. The Hall–Kier alpha value is -1.55. The summed E-state index contributed by atoms with van der Waals surface area (Å²) in [5.41, 5.74) is 7.14. The van der Waals surface area contributed by atoms with Gasteiger partial charge in [0.1, 0.15) is 0 Å². The van der Waals surface area contributed by atoms with Crippen LogP contribution >= 0.6 is 0 Å². The highest BCUT2D eigenvalue weighted by Gasteiger charge is 2.26. The fourth-order valence-electron chi connectivity index (χ4n) is 2.39. The molecule has 0 aromatic heterocycles. The molecule has 1 aromatic rings. The van der Waals surface area contributed by atoms with Gasteiger partial charge in [-0.3, -0.25) is 9.69 Å². The number of nitrogens with one attached hydrogen (secondary N) is 1. The molecule has 1 unspecified atom stereocenters. The first-order valence-corrected chi connectivity index (χ1v) is 7.32. The van der Waals surface area contributed by atoms with E-state index in [9.17, 15) is 4.79 Å². The van der Waals surface area contributed by atoms with Crippen molar-refractivity contribution in [3.63, 3.8) is 0 Å². The van der Waals surface area contributed by atoms with Crippen LogP contribution < -0.4 is 11.1 Å². The maximum atomic E-state index is 12.5. The number of likely N-dealkylation sites (N-methyl/N-ethyl adjacent to an activating group) is 1. The van der Waals surface area contributed by atoms with Gasteiger partial charge in [0.05, 0.1) is 6.04 Å². The number of hydrogen-bond donors (Lipinski definition) is 2. The van der Waals surface area contributed by atoms with Gasteiger partial charge in [0, 0.05) is 11.4 Å². The fourth-order valence-corrected chi connectivity index (χ4v) is 2.39. The Bertz CT molecular complexity index is 431. The molecule has 20 heavy (non-hydrogen) atoms. The summed E-state index contributed by atoms with van der Waals surface area (Å²) in [4.78, 5) is 14.6. The summed E-state index contributed by atoms with van der Waals surface area (Å²) in [7, 11) is 2.01. The normalized spacial score (nSPS) is 12.7. The van der Waals surface area contributed by atoms with E-state index in [0.29, 0.717) is 5.69 Å². The van der Waals surface area contributed by atoms with Crippen molar-refractivity contribution >= 4 is 17.3 Å². The van der Waals surface area contributed by atoms with Crippen molar-refractivity contribution < 1.29 is 4.79 Å². The van der Waals surface area contributed by atoms with E-state index < -0.39 is 0 Å². The number of rotatable bonds is 7. The average molecular weight is 277 g/mol. The molecule has 0 saturated carbocycles. The summed E-state index contributed by atoms with van der Waals surface area (Å²) in [5, 5.41) is 2.96. The molecule has 0 heterocycles. The standard InChI is InChI=1S/C16H27N3O/c1-5-6-10-19(4)15(12(2)3)16(20)18-14-9-7-8-13(17)11-14/h7-9,11-12,15H,5-6,10,17H2,1-4H3,(H,18,20). The zero-order valence-corrected chi connectivity index (χ0v) is 13.0. The van der Waals surface area contributed by atoms with Crippen molar-refractivity contribution in [1.82, 2.24) is 4.90 Å². The molecule has 4 nitrogen and oxygen atoms in total. The molecular formula is C16H27N3O. The first kappa shape index (κ1) is 16.5. The van der Waals surface area contributed by atoms with Crippen LogP contribution in [-0.2, 0) is 4.79 Å². The second-order valence-corrected chi connectivity index (χ2v) is 5.64. The smallest absolute Gasteiger partial charge is 0.241 e. The number of nitrogens with zero attached hydrogens (tertiary/aromatic N) is 1. The predicted octanol–water partition coefficient (Wildman–Crippen LogP) is 2.96. The fraction of sp³-hybridized carbons (Fsp3) is 0.562. The lowest BCUT2D eigenvalue weighted by molar-refractivity contribution is -0.122. The van der Waals surface area contributed by atoms with E-state index in [1.807, 2.05) is 25.2 Å². The molecule has 4 heteroatoms. The molecule has 0 aliphatic carbocycles. The van der Waals surface area contributed by atoms with E-state index in [0.717, 1.165) is 25.1 Å². The predicted molar refractivity (Wildman–Crippen MR) is 85.6 cm³/mol. The number of nitrogens with two attached hydrogens (primary N) is 1. The van der Waals surface area contributed by atoms with E-state index in [-0.39, 0.29) is 17.9 Å². The van der Waals surface area contributed by atoms with Gasteiger partial charge in [-0.15, -0.1) is 0 Å². The van der Waals surface area contributed by atoms with Gasteiger partial charge in [-0.1, -0.05) is 33.3 Å². The minimum absolute atomic E-state index is 0.0317. The van der Waals surface area contributed by atoms with Gasteiger partial charge >= 0.3 is 0 Å². The van der Waals surface area contributed by atoms with E-state index in [2.05, 4.69) is 31.0 Å². The number of unbranched alkanes of at least 4 members (excludes halogenated alkanes) is 1. The molecule has 0 bridgehead atoms. The number of hydrogen-bond acceptors (Lipinski definition) is 3. The zero-order valence-electron chi connectivity index (χ0n) is 13.0. The molecule has 1 atom stereocenters. The number of nitrogen functional groups attached to an aromatic ring is 1. The maximum Gasteiger partial charge on any atom is 0.241 e. The van der Waals surface area contributed by atoms with Crippen LogP contribution in [0.3, 0.4) is 0 Å². The molecule has 0 saturated heterocycles. The average Bonchev–Trinajstić information content (AvgIpc) is 2.35. The second kappa shape index (κ2) is 7.90. The molecule has 3 N–H and O–H groups in total. The van der Waals surface area contributed by atoms with Gasteiger partial charge in [0.15, 0.2) is 0 Å². The monoisotopic (exact) mass is 277 g/mol. The van der Waals surface area contributed by atoms with Gasteiger partial charge < -0.3 is 11.1 Å². The quantitative estimate of drug-likeness (QED) is 0.753. The number of benzene rings is 1. The van der Waals surface area contributed by atoms with Crippen molar-refractivity contribution in [2.75, 3.05) is 24.6 Å².